The summed E-state index contributed by atoms with van der Waals surface area (Å²) in [5.74, 6) is 0.0121. The molecule has 0 heterocycles. The number of carbonyl (C=O) groups excluding carboxylic acids is 1. The maximum atomic E-state index is 11.9. The van der Waals surface area contributed by atoms with Gasteiger partial charge in [-0.3, -0.25) is 4.79 Å². The summed E-state index contributed by atoms with van der Waals surface area (Å²) in [5, 5.41) is 11.7. The molecule has 0 fully saturated rings. The van der Waals surface area contributed by atoms with Crippen molar-refractivity contribution in [2.75, 3.05) is 25.0 Å². The van der Waals surface area contributed by atoms with E-state index in [0.717, 1.165) is 38.9 Å². The molecule has 0 aliphatic carbocycles. The fraction of sp³-hybridized carbons (Fsp3) is 0.529. The average molecular weight is 287 g/mol. The average Bonchev–Trinajstić information content (AvgIpc) is 2.48. The molecule has 1 rings (SSSR count). The van der Waals surface area contributed by atoms with Crippen molar-refractivity contribution in [2.45, 2.75) is 39.5 Å². The maximum Gasteiger partial charge on any atom is 0.224 e. The molecule has 114 valence electrons. The fourth-order valence-corrected chi connectivity index (χ4v) is 2.32. The van der Waals surface area contributed by atoms with Crippen LogP contribution in [0.2, 0.25) is 0 Å². The van der Waals surface area contributed by atoms with Gasteiger partial charge in [-0.2, -0.15) is 5.26 Å². The van der Waals surface area contributed by atoms with Crippen LogP contribution in [-0.2, 0) is 4.79 Å². The predicted octanol–water partition coefficient (Wildman–Crippen LogP) is 3.40. The Hall–Kier alpha value is -1.86. The first kappa shape index (κ1) is 17.2. The SMILES string of the molecule is CCCN(CCC)CCCC(=O)Nc1cccc(C#N)c1. The third kappa shape index (κ3) is 6.92. The van der Waals surface area contributed by atoms with Gasteiger partial charge in [-0.05, 0) is 57.1 Å². The van der Waals surface area contributed by atoms with Gasteiger partial charge in [0.05, 0.1) is 11.6 Å². The minimum Gasteiger partial charge on any atom is -0.326 e. The molecule has 0 aromatic heterocycles. The lowest BCUT2D eigenvalue weighted by Crippen LogP contribution is -2.27. The van der Waals surface area contributed by atoms with E-state index in [1.54, 1.807) is 24.3 Å². The number of nitrogens with one attached hydrogen (secondary N) is 1. The number of hydrogen-bond acceptors (Lipinski definition) is 3. The standard InChI is InChI=1S/C17H25N3O/c1-3-10-20(11-4-2)12-6-9-17(21)19-16-8-5-7-15(13-16)14-18/h5,7-8,13H,3-4,6,9-12H2,1-2H3,(H,19,21). The van der Waals surface area contributed by atoms with Crippen LogP contribution in [0.15, 0.2) is 24.3 Å². The van der Waals surface area contributed by atoms with Crippen LogP contribution >= 0.6 is 0 Å². The van der Waals surface area contributed by atoms with E-state index in [1.807, 2.05) is 0 Å². The van der Waals surface area contributed by atoms with Gasteiger partial charge in [0.2, 0.25) is 5.91 Å². The Bertz CT molecular complexity index is 473. The molecular weight excluding hydrogens is 262 g/mol. The van der Waals surface area contributed by atoms with Gasteiger partial charge in [-0.15, -0.1) is 0 Å². The first-order chi connectivity index (χ1) is 10.2. The second-order valence-electron chi connectivity index (χ2n) is 5.19. The molecule has 4 heteroatoms. The Kier molecular flexibility index (Phi) is 8.15. The summed E-state index contributed by atoms with van der Waals surface area (Å²) in [4.78, 5) is 14.3. The van der Waals surface area contributed by atoms with E-state index in [1.165, 1.54) is 0 Å². The fourth-order valence-electron chi connectivity index (χ4n) is 2.32. The van der Waals surface area contributed by atoms with Crippen molar-refractivity contribution in [2.24, 2.45) is 0 Å². The molecule has 0 radical (unpaired) electrons. The minimum absolute atomic E-state index is 0.0121. The van der Waals surface area contributed by atoms with Crippen LogP contribution in [0.25, 0.3) is 0 Å². The van der Waals surface area contributed by atoms with Crippen LogP contribution in [0, 0.1) is 11.3 Å². The third-order valence-corrected chi connectivity index (χ3v) is 3.23. The second kappa shape index (κ2) is 9.95. The van der Waals surface area contributed by atoms with Crippen molar-refractivity contribution in [3.05, 3.63) is 29.8 Å². The molecule has 1 amide bonds. The molecule has 0 aliphatic heterocycles. The highest BCUT2D eigenvalue weighted by molar-refractivity contribution is 5.90. The van der Waals surface area contributed by atoms with E-state index in [9.17, 15) is 4.79 Å². The number of anilines is 1. The number of amides is 1. The molecule has 0 aliphatic rings. The van der Waals surface area contributed by atoms with Crippen molar-refractivity contribution < 1.29 is 4.79 Å². The van der Waals surface area contributed by atoms with Gasteiger partial charge in [-0.25, -0.2) is 0 Å². The van der Waals surface area contributed by atoms with Crippen LogP contribution in [0.3, 0.4) is 0 Å². The van der Waals surface area contributed by atoms with Gasteiger partial charge in [0.15, 0.2) is 0 Å². The molecule has 1 aromatic carbocycles. The number of benzene rings is 1. The Morgan fingerprint density at radius 1 is 1.24 bits per heavy atom. The van der Waals surface area contributed by atoms with Crippen molar-refractivity contribution in [3.63, 3.8) is 0 Å². The molecule has 0 bridgehead atoms. The van der Waals surface area contributed by atoms with Crippen molar-refractivity contribution in [1.29, 1.82) is 5.26 Å². The van der Waals surface area contributed by atoms with Crippen LogP contribution in [-0.4, -0.2) is 30.4 Å². The number of nitriles is 1. The molecule has 0 saturated carbocycles. The summed E-state index contributed by atoms with van der Waals surface area (Å²) < 4.78 is 0. The van der Waals surface area contributed by atoms with Crippen molar-refractivity contribution in [3.8, 4) is 6.07 Å². The highest BCUT2D eigenvalue weighted by atomic mass is 16.1. The van der Waals surface area contributed by atoms with E-state index < -0.39 is 0 Å². The van der Waals surface area contributed by atoms with Gasteiger partial charge in [0, 0.05) is 12.1 Å². The van der Waals surface area contributed by atoms with Gasteiger partial charge in [0.25, 0.3) is 0 Å². The summed E-state index contributed by atoms with van der Waals surface area (Å²) in [6, 6.07) is 9.07. The molecule has 0 spiro atoms. The zero-order valence-corrected chi connectivity index (χ0v) is 13.1. The van der Waals surface area contributed by atoms with E-state index in [2.05, 4.69) is 30.1 Å². The molecule has 1 N–H and O–H groups in total. The summed E-state index contributed by atoms with van der Waals surface area (Å²) in [6.07, 6.45) is 3.67. The summed E-state index contributed by atoms with van der Waals surface area (Å²) >= 11 is 0. The largest absolute Gasteiger partial charge is 0.326 e. The van der Waals surface area contributed by atoms with Crippen LogP contribution < -0.4 is 5.32 Å². The second-order valence-corrected chi connectivity index (χ2v) is 5.19. The first-order valence-electron chi connectivity index (χ1n) is 7.72. The zero-order chi connectivity index (χ0) is 15.5. The lowest BCUT2D eigenvalue weighted by atomic mass is 10.2. The molecule has 0 saturated heterocycles. The van der Waals surface area contributed by atoms with Crippen LogP contribution in [0.1, 0.15) is 45.1 Å². The van der Waals surface area contributed by atoms with E-state index in [-0.39, 0.29) is 5.91 Å². The van der Waals surface area contributed by atoms with Gasteiger partial charge >= 0.3 is 0 Å². The van der Waals surface area contributed by atoms with Gasteiger partial charge < -0.3 is 10.2 Å². The molecule has 0 atom stereocenters. The lowest BCUT2D eigenvalue weighted by Gasteiger charge is -2.20. The lowest BCUT2D eigenvalue weighted by molar-refractivity contribution is -0.116. The number of nitrogens with zero attached hydrogens (tertiary/aromatic N) is 2. The van der Waals surface area contributed by atoms with Crippen LogP contribution in [0.5, 0.6) is 0 Å². The summed E-state index contributed by atoms with van der Waals surface area (Å²) in [7, 11) is 0. The molecule has 0 unspecified atom stereocenters. The first-order valence-corrected chi connectivity index (χ1v) is 7.72. The predicted molar refractivity (Wildman–Crippen MR) is 86.0 cm³/mol. The molecule has 1 aromatic rings. The van der Waals surface area contributed by atoms with Crippen LogP contribution in [0.4, 0.5) is 5.69 Å². The maximum absolute atomic E-state index is 11.9. The number of rotatable bonds is 9. The van der Waals surface area contributed by atoms with Gasteiger partial charge in [-0.1, -0.05) is 19.9 Å². The van der Waals surface area contributed by atoms with Crippen molar-refractivity contribution in [1.82, 2.24) is 4.90 Å². The molecule has 21 heavy (non-hydrogen) atoms. The monoisotopic (exact) mass is 287 g/mol. The van der Waals surface area contributed by atoms with Gasteiger partial charge in [0.1, 0.15) is 0 Å². The summed E-state index contributed by atoms with van der Waals surface area (Å²) in [6.45, 7) is 7.52. The van der Waals surface area contributed by atoms with E-state index in [4.69, 9.17) is 5.26 Å². The Morgan fingerprint density at radius 3 is 2.57 bits per heavy atom. The van der Waals surface area contributed by atoms with E-state index >= 15 is 0 Å². The van der Waals surface area contributed by atoms with E-state index in [0.29, 0.717) is 17.7 Å². The Labute approximate surface area is 127 Å². The number of carbonyl (C=O) groups is 1. The topological polar surface area (TPSA) is 56.1 Å². The molecular formula is C17H25N3O. The Morgan fingerprint density at radius 2 is 1.95 bits per heavy atom. The Balaban J connectivity index is 2.35. The highest BCUT2D eigenvalue weighted by Crippen LogP contribution is 2.10. The normalized spacial score (nSPS) is 10.4. The summed E-state index contributed by atoms with van der Waals surface area (Å²) in [5.41, 5.74) is 1.25. The highest BCUT2D eigenvalue weighted by Gasteiger charge is 2.06. The van der Waals surface area contributed by atoms with Crippen molar-refractivity contribution >= 4 is 11.6 Å². The smallest absolute Gasteiger partial charge is 0.224 e. The molecule has 4 nitrogen and oxygen atoms in total. The minimum atomic E-state index is 0.0121. The quantitative estimate of drug-likeness (QED) is 0.757. The number of hydrogen-bond donors (Lipinski definition) is 1. The third-order valence-electron chi connectivity index (χ3n) is 3.23. The zero-order valence-electron chi connectivity index (χ0n) is 13.1.